The van der Waals surface area contributed by atoms with Gasteiger partial charge in [0.05, 0.1) is 7.11 Å². The van der Waals surface area contributed by atoms with Crippen LogP contribution in [-0.2, 0) is 0 Å². The summed E-state index contributed by atoms with van der Waals surface area (Å²) in [6.07, 6.45) is 0. The molecule has 0 fully saturated rings. The first-order valence-electron chi connectivity index (χ1n) is 6.09. The van der Waals surface area contributed by atoms with Crippen LogP contribution in [0.1, 0.15) is 10.4 Å². The molecular weight excluding hydrogens is 280 g/mol. The van der Waals surface area contributed by atoms with E-state index in [0.29, 0.717) is 11.4 Å². The maximum absolute atomic E-state index is 12.1. The summed E-state index contributed by atoms with van der Waals surface area (Å²) in [7, 11) is 1.52. The zero-order valence-corrected chi connectivity index (χ0v) is 11.2. The van der Waals surface area contributed by atoms with Crippen LogP contribution in [-0.4, -0.2) is 19.6 Å². The van der Waals surface area contributed by atoms with E-state index >= 15 is 0 Å². The summed E-state index contributed by atoms with van der Waals surface area (Å²) in [6.45, 7) is -2.93. The Labute approximate surface area is 120 Å². The number of ether oxygens (including phenoxy) is 2. The molecule has 1 amide bonds. The Kier molecular flexibility index (Phi) is 4.71. The van der Waals surface area contributed by atoms with Crippen molar-refractivity contribution in [3.8, 4) is 11.5 Å². The van der Waals surface area contributed by atoms with Gasteiger partial charge >= 0.3 is 6.61 Å². The number of rotatable bonds is 5. The van der Waals surface area contributed by atoms with E-state index in [1.165, 1.54) is 31.4 Å². The van der Waals surface area contributed by atoms with Crippen molar-refractivity contribution in [3.05, 3.63) is 54.1 Å². The molecule has 21 heavy (non-hydrogen) atoms. The second-order valence-electron chi connectivity index (χ2n) is 4.09. The highest BCUT2D eigenvalue weighted by molar-refractivity contribution is 6.04. The second-order valence-corrected chi connectivity index (χ2v) is 4.09. The van der Waals surface area contributed by atoms with Crippen molar-refractivity contribution < 1.29 is 23.0 Å². The van der Waals surface area contributed by atoms with Gasteiger partial charge in [-0.1, -0.05) is 12.1 Å². The van der Waals surface area contributed by atoms with Gasteiger partial charge in [-0.2, -0.15) is 8.78 Å². The molecule has 0 unspecified atom stereocenters. The summed E-state index contributed by atoms with van der Waals surface area (Å²) >= 11 is 0. The first-order chi connectivity index (χ1) is 10.1. The highest BCUT2D eigenvalue weighted by Gasteiger charge is 2.10. The summed E-state index contributed by atoms with van der Waals surface area (Å²) in [5, 5.41) is 2.65. The number of hydrogen-bond donors (Lipinski definition) is 1. The van der Waals surface area contributed by atoms with Crippen LogP contribution < -0.4 is 14.8 Å². The lowest BCUT2D eigenvalue weighted by atomic mass is 10.2. The number of hydrogen-bond acceptors (Lipinski definition) is 3. The van der Waals surface area contributed by atoms with E-state index in [-0.39, 0.29) is 11.3 Å². The van der Waals surface area contributed by atoms with Gasteiger partial charge < -0.3 is 14.8 Å². The van der Waals surface area contributed by atoms with E-state index in [1.54, 1.807) is 24.3 Å². The molecule has 110 valence electrons. The van der Waals surface area contributed by atoms with Gasteiger partial charge in [0.25, 0.3) is 5.91 Å². The fourth-order valence-corrected chi connectivity index (χ4v) is 1.72. The molecule has 0 spiro atoms. The number of nitrogens with one attached hydrogen (secondary N) is 1. The molecule has 1 N–H and O–H groups in total. The van der Waals surface area contributed by atoms with Crippen LogP contribution in [0.25, 0.3) is 0 Å². The highest BCUT2D eigenvalue weighted by Crippen LogP contribution is 2.19. The zero-order valence-electron chi connectivity index (χ0n) is 11.2. The summed E-state index contributed by atoms with van der Waals surface area (Å²) in [4.78, 5) is 12.1. The smallest absolute Gasteiger partial charge is 0.387 e. The molecule has 0 saturated carbocycles. The molecule has 0 aromatic heterocycles. The van der Waals surface area contributed by atoms with Gasteiger partial charge in [0.1, 0.15) is 11.5 Å². The van der Waals surface area contributed by atoms with Crippen LogP contribution in [0.4, 0.5) is 14.5 Å². The van der Waals surface area contributed by atoms with Gasteiger partial charge in [-0.05, 0) is 30.3 Å². The van der Waals surface area contributed by atoms with Crippen molar-refractivity contribution >= 4 is 11.6 Å². The van der Waals surface area contributed by atoms with Crippen molar-refractivity contribution in [2.75, 3.05) is 12.4 Å². The molecule has 0 saturated heterocycles. The van der Waals surface area contributed by atoms with Crippen molar-refractivity contribution in [2.24, 2.45) is 0 Å². The van der Waals surface area contributed by atoms with Gasteiger partial charge in [-0.3, -0.25) is 4.79 Å². The number of benzene rings is 2. The summed E-state index contributed by atoms with van der Waals surface area (Å²) < 4.78 is 33.6. The molecule has 6 heteroatoms. The average molecular weight is 293 g/mol. The maximum atomic E-state index is 12.1. The monoisotopic (exact) mass is 293 g/mol. The fourth-order valence-electron chi connectivity index (χ4n) is 1.72. The molecule has 0 radical (unpaired) electrons. The molecule has 0 heterocycles. The van der Waals surface area contributed by atoms with Gasteiger partial charge in [0, 0.05) is 17.3 Å². The number of anilines is 1. The lowest BCUT2D eigenvalue weighted by Crippen LogP contribution is -2.12. The van der Waals surface area contributed by atoms with Crippen LogP contribution >= 0.6 is 0 Å². The Balaban J connectivity index is 2.12. The van der Waals surface area contributed by atoms with Crippen LogP contribution in [0.3, 0.4) is 0 Å². The lowest BCUT2D eigenvalue weighted by Gasteiger charge is -2.09. The minimum Gasteiger partial charge on any atom is -0.497 e. The van der Waals surface area contributed by atoms with Gasteiger partial charge in [-0.25, -0.2) is 0 Å². The minimum atomic E-state index is -2.93. The first kappa shape index (κ1) is 14.8. The third-order valence-electron chi connectivity index (χ3n) is 2.65. The third kappa shape index (κ3) is 4.17. The second kappa shape index (κ2) is 6.69. The summed E-state index contributed by atoms with van der Waals surface area (Å²) in [5.41, 5.74) is 0.760. The minimum absolute atomic E-state index is 0.0664. The Hall–Kier alpha value is -2.63. The summed E-state index contributed by atoms with van der Waals surface area (Å²) in [5.74, 6) is 0.105. The lowest BCUT2D eigenvalue weighted by molar-refractivity contribution is -0.0498. The van der Waals surface area contributed by atoms with E-state index in [0.717, 1.165) is 0 Å². The number of halogens is 2. The molecule has 2 rings (SSSR count). The van der Waals surface area contributed by atoms with Crippen LogP contribution in [0, 0.1) is 0 Å². The van der Waals surface area contributed by atoms with E-state index in [9.17, 15) is 13.6 Å². The van der Waals surface area contributed by atoms with Gasteiger partial charge in [0.15, 0.2) is 0 Å². The fraction of sp³-hybridized carbons (Fsp3) is 0.133. The standard InChI is InChI=1S/C15H13F2NO3/c1-20-12-6-3-5-11(9-12)18-14(19)10-4-2-7-13(8-10)21-15(16)17/h2-9,15H,1H3,(H,18,19). The molecule has 2 aromatic carbocycles. The molecule has 0 aliphatic rings. The highest BCUT2D eigenvalue weighted by atomic mass is 19.3. The van der Waals surface area contributed by atoms with Crippen molar-refractivity contribution in [2.45, 2.75) is 6.61 Å². The number of carbonyl (C=O) groups is 1. The maximum Gasteiger partial charge on any atom is 0.387 e. The van der Waals surface area contributed by atoms with E-state index in [4.69, 9.17) is 4.74 Å². The SMILES string of the molecule is COc1cccc(NC(=O)c2cccc(OC(F)F)c2)c1. The van der Waals surface area contributed by atoms with Crippen LogP contribution in [0.2, 0.25) is 0 Å². The van der Waals surface area contributed by atoms with Crippen LogP contribution in [0.5, 0.6) is 11.5 Å². The van der Waals surface area contributed by atoms with Crippen molar-refractivity contribution in [1.82, 2.24) is 0 Å². The van der Waals surface area contributed by atoms with Gasteiger partial charge in [-0.15, -0.1) is 0 Å². The Bertz CT molecular complexity index is 632. The normalized spacial score (nSPS) is 10.3. The Morgan fingerprint density at radius 3 is 2.52 bits per heavy atom. The van der Waals surface area contributed by atoms with Crippen molar-refractivity contribution in [3.63, 3.8) is 0 Å². The molecule has 2 aromatic rings. The Morgan fingerprint density at radius 1 is 1.10 bits per heavy atom. The number of alkyl halides is 2. The van der Waals surface area contributed by atoms with E-state index < -0.39 is 12.5 Å². The number of amides is 1. The molecule has 0 atom stereocenters. The largest absolute Gasteiger partial charge is 0.497 e. The Morgan fingerprint density at radius 2 is 1.81 bits per heavy atom. The van der Waals surface area contributed by atoms with Gasteiger partial charge in [0.2, 0.25) is 0 Å². The molecule has 0 bridgehead atoms. The quantitative estimate of drug-likeness (QED) is 0.917. The zero-order chi connectivity index (χ0) is 15.2. The summed E-state index contributed by atoms with van der Waals surface area (Å²) in [6, 6.07) is 12.4. The van der Waals surface area contributed by atoms with Crippen molar-refractivity contribution in [1.29, 1.82) is 0 Å². The molecular formula is C15H13F2NO3. The van der Waals surface area contributed by atoms with E-state index in [2.05, 4.69) is 10.1 Å². The molecule has 4 nitrogen and oxygen atoms in total. The van der Waals surface area contributed by atoms with E-state index in [1.807, 2.05) is 0 Å². The predicted molar refractivity (Wildman–Crippen MR) is 74.0 cm³/mol. The predicted octanol–water partition coefficient (Wildman–Crippen LogP) is 3.55. The molecule has 0 aliphatic carbocycles. The third-order valence-corrected chi connectivity index (χ3v) is 2.65. The first-order valence-corrected chi connectivity index (χ1v) is 6.09. The van der Waals surface area contributed by atoms with Crippen LogP contribution in [0.15, 0.2) is 48.5 Å². The average Bonchev–Trinajstić information content (AvgIpc) is 2.47. The number of methoxy groups -OCH3 is 1. The molecule has 0 aliphatic heterocycles. The number of carbonyl (C=O) groups excluding carboxylic acids is 1. The topological polar surface area (TPSA) is 47.6 Å².